The van der Waals surface area contributed by atoms with E-state index in [9.17, 15) is 8.42 Å². The number of sulfonamides is 1. The van der Waals surface area contributed by atoms with Crippen LogP contribution in [0.5, 0.6) is 5.75 Å². The highest BCUT2D eigenvalue weighted by atomic mass is 79.9. The van der Waals surface area contributed by atoms with Crippen LogP contribution in [0.1, 0.15) is 11.1 Å². The summed E-state index contributed by atoms with van der Waals surface area (Å²) in [5.41, 5.74) is 1.79. The molecule has 1 aromatic carbocycles. The molecular formula is C13H14BrNO3S2. The molecular weight excluding hydrogens is 362 g/mol. The lowest BCUT2D eigenvalue weighted by molar-refractivity contribution is 0.414. The first-order chi connectivity index (χ1) is 9.42. The van der Waals surface area contributed by atoms with Crippen LogP contribution in [0.3, 0.4) is 0 Å². The van der Waals surface area contributed by atoms with Crippen LogP contribution >= 0.6 is 27.3 Å². The molecule has 0 amide bonds. The molecule has 0 aliphatic rings. The van der Waals surface area contributed by atoms with Gasteiger partial charge < -0.3 is 4.74 Å². The molecule has 0 fully saturated rings. The second kappa shape index (κ2) is 6.26. The van der Waals surface area contributed by atoms with Crippen molar-refractivity contribution in [2.45, 2.75) is 17.7 Å². The molecule has 0 spiro atoms. The van der Waals surface area contributed by atoms with E-state index < -0.39 is 10.0 Å². The van der Waals surface area contributed by atoms with Gasteiger partial charge in [-0.2, -0.15) is 0 Å². The lowest BCUT2D eigenvalue weighted by Crippen LogP contribution is -2.22. The number of halogens is 1. The molecule has 0 saturated heterocycles. The van der Waals surface area contributed by atoms with Crippen molar-refractivity contribution < 1.29 is 13.2 Å². The van der Waals surface area contributed by atoms with Crippen LogP contribution in [0, 0.1) is 6.92 Å². The molecule has 1 aromatic heterocycles. The highest BCUT2D eigenvalue weighted by Gasteiger charge is 2.17. The van der Waals surface area contributed by atoms with Gasteiger partial charge in [0.25, 0.3) is 0 Å². The summed E-state index contributed by atoms with van der Waals surface area (Å²) in [5, 5.41) is 0. The first-order valence-corrected chi connectivity index (χ1v) is 8.90. The molecule has 0 atom stereocenters. The zero-order valence-corrected chi connectivity index (χ0v) is 14.2. The first kappa shape index (κ1) is 15.5. The third-order valence-electron chi connectivity index (χ3n) is 2.72. The molecule has 2 aromatic rings. The third-order valence-corrected chi connectivity index (χ3v) is 6.74. The SMILES string of the molecule is COc1ccc(CNS(=O)(=O)c2cc(C)c(Br)s2)cc1. The molecule has 1 heterocycles. The van der Waals surface area contributed by atoms with Crippen LogP contribution in [0.2, 0.25) is 0 Å². The number of hydrogen-bond donors (Lipinski definition) is 1. The molecule has 7 heteroatoms. The fourth-order valence-electron chi connectivity index (χ4n) is 1.56. The maximum atomic E-state index is 12.1. The number of thiophene rings is 1. The summed E-state index contributed by atoms with van der Waals surface area (Å²) >= 11 is 4.54. The number of ether oxygens (including phenoxy) is 1. The number of rotatable bonds is 5. The van der Waals surface area contributed by atoms with Crippen LogP contribution in [0.15, 0.2) is 38.3 Å². The van der Waals surface area contributed by atoms with Gasteiger partial charge in [0.15, 0.2) is 0 Å². The van der Waals surface area contributed by atoms with E-state index >= 15 is 0 Å². The number of methoxy groups -OCH3 is 1. The Morgan fingerprint density at radius 1 is 1.30 bits per heavy atom. The summed E-state index contributed by atoms with van der Waals surface area (Å²) in [6, 6.07) is 8.92. The minimum absolute atomic E-state index is 0.251. The Balaban J connectivity index is 2.08. The molecule has 108 valence electrons. The van der Waals surface area contributed by atoms with E-state index in [2.05, 4.69) is 20.7 Å². The van der Waals surface area contributed by atoms with E-state index in [1.54, 1.807) is 25.3 Å². The van der Waals surface area contributed by atoms with Crippen molar-refractivity contribution in [1.82, 2.24) is 4.72 Å². The minimum Gasteiger partial charge on any atom is -0.497 e. The zero-order valence-electron chi connectivity index (χ0n) is 11.0. The van der Waals surface area contributed by atoms with Gasteiger partial charge in [0.05, 0.1) is 10.9 Å². The van der Waals surface area contributed by atoms with Crippen molar-refractivity contribution in [2.75, 3.05) is 7.11 Å². The Morgan fingerprint density at radius 2 is 1.95 bits per heavy atom. The van der Waals surface area contributed by atoms with E-state index in [0.29, 0.717) is 4.21 Å². The predicted octanol–water partition coefficient (Wildman–Crippen LogP) is 3.31. The van der Waals surface area contributed by atoms with Crippen LogP contribution in [-0.2, 0) is 16.6 Å². The maximum absolute atomic E-state index is 12.1. The van der Waals surface area contributed by atoms with Crippen LogP contribution in [0.25, 0.3) is 0 Å². The molecule has 0 unspecified atom stereocenters. The van der Waals surface area contributed by atoms with Gasteiger partial charge in [0.1, 0.15) is 9.96 Å². The molecule has 2 rings (SSSR count). The molecule has 0 aliphatic carbocycles. The predicted molar refractivity (Wildman–Crippen MR) is 83.8 cm³/mol. The van der Waals surface area contributed by atoms with Crippen molar-refractivity contribution in [3.8, 4) is 5.75 Å². The second-order valence-corrected chi connectivity index (χ2v) is 8.56. The van der Waals surface area contributed by atoms with Crippen LogP contribution < -0.4 is 9.46 Å². The summed E-state index contributed by atoms with van der Waals surface area (Å²) in [6.07, 6.45) is 0. The van der Waals surface area contributed by atoms with Gasteiger partial charge in [-0.3, -0.25) is 0 Å². The summed E-state index contributed by atoms with van der Waals surface area (Å²) in [7, 11) is -1.88. The first-order valence-electron chi connectivity index (χ1n) is 5.81. The minimum atomic E-state index is -3.47. The summed E-state index contributed by atoms with van der Waals surface area (Å²) < 4.78 is 33.1. The van der Waals surface area contributed by atoms with Gasteiger partial charge in [0, 0.05) is 6.54 Å². The Kier molecular flexibility index (Phi) is 4.85. The van der Waals surface area contributed by atoms with Crippen molar-refractivity contribution in [3.63, 3.8) is 0 Å². The van der Waals surface area contributed by atoms with E-state index in [1.165, 1.54) is 11.3 Å². The fraction of sp³-hybridized carbons (Fsp3) is 0.231. The zero-order chi connectivity index (χ0) is 14.8. The smallest absolute Gasteiger partial charge is 0.250 e. The number of benzene rings is 1. The quantitative estimate of drug-likeness (QED) is 0.871. The summed E-state index contributed by atoms with van der Waals surface area (Å²) in [5.74, 6) is 0.745. The lowest BCUT2D eigenvalue weighted by Gasteiger charge is -2.06. The normalized spacial score (nSPS) is 11.6. The van der Waals surface area contributed by atoms with Gasteiger partial charge >= 0.3 is 0 Å². The van der Waals surface area contributed by atoms with E-state index in [4.69, 9.17) is 4.74 Å². The molecule has 4 nitrogen and oxygen atoms in total. The number of aryl methyl sites for hydroxylation is 1. The van der Waals surface area contributed by atoms with Crippen molar-refractivity contribution in [1.29, 1.82) is 0 Å². The molecule has 1 N–H and O–H groups in total. The van der Waals surface area contributed by atoms with Crippen LogP contribution in [0.4, 0.5) is 0 Å². The van der Waals surface area contributed by atoms with Crippen molar-refractivity contribution in [2.24, 2.45) is 0 Å². The summed E-state index contributed by atoms with van der Waals surface area (Å²) in [4.78, 5) is 0. The highest BCUT2D eigenvalue weighted by molar-refractivity contribution is 9.11. The highest BCUT2D eigenvalue weighted by Crippen LogP contribution is 2.30. The van der Waals surface area contributed by atoms with Gasteiger partial charge in [-0.25, -0.2) is 13.1 Å². The van der Waals surface area contributed by atoms with Gasteiger partial charge in [-0.15, -0.1) is 11.3 Å². The Hall–Kier alpha value is -0.890. The third kappa shape index (κ3) is 3.60. The van der Waals surface area contributed by atoms with Crippen molar-refractivity contribution >= 4 is 37.3 Å². The topological polar surface area (TPSA) is 55.4 Å². The number of nitrogens with one attached hydrogen (secondary N) is 1. The Morgan fingerprint density at radius 3 is 2.45 bits per heavy atom. The molecule has 0 radical (unpaired) electrons. The van der Waals surface area contributed by atoms with E-state index in [1.807, 2.05) is 19.1 Å². The molecule has 20 heavy (non-hydrogen) atoms. The summed E-state index contributed by atoms with van der Waals surface area (Å²) in [6.45, 7) is 2.12. The fourth-order valence-corrected chi connectivity index (χ4v) is 4.84. The van der Waals surface area contributed by atoms with Crippen LogP contribution in [-0.4, -0.2) is 15.5 Å². The largest absolute Gasteiger partial charge is 0.497 e. The second-order valence-electron chi connectivity index (χ2n) is 4.19. The van der Waals surface area contributed by atoms with Gasteiger partial charge in [-0.05, 0) is 52.2 Å². The Labute approximate surface area is 131 Å². The van der Waals surface area contributed by atoms with Gasteiger partial charge in [-0.1, -0.05) is 12.1 Å². The van der Waals surface area contributed by atoms with Crippen molar-refractivity contribution in [3.05, 3.63) is 45.2 Å². The monoisotopic (exact) mass is 375 g/mol. The average Bonchev–Trinajstić information content (AvgIpc) is 2.78. The standard InChI is InChI=1S/C13H14BrNO3S2/c1-9-7-12(19-13(9)14)20(16,17)15-8-10-3-5-11(18-2)6-4-10/h3-7,15H,8H2,1-2H3. The van der Waals surface area contributed by atoms with E-state index in [-0.39, 0.29) is 6.54 Å². The molecule has 0 bridgehead atoms. The lowest BCUT2D eigenvalue weighted by atomic mass is 10.2. The maximum Gasteiger partial charge on any atom is 0.250 e. The molecule has 0 saturated carbocycles. The van der Waals surface area contributed by atoms with E-state index in [0.717, 1.165) is 20.7 Å². The van der Waals surface area contributed by atoms with Gasteiger partial charge in [0.2, 0.25) is 10.0 Å². The molecule has 0 aliphatic heterocycles. The number of hydrogen-bond acceptors (Lipinski definition) is 4. The Bertz CT molecular complexity index is 673. The average molecular weight is 376 g/mol.